The van der Waals surface area contributed by atoms with Crippen LogP contribution in [0.4, 0.5) is 14.9 Å². The van der Waals surface area contributed by atoms with Gasteiger partial charge in [0, 0.05) is 6.07 Å². The van der Waals surface area contributed by atoms with Crippen molar-refractivity contribution in [3.63, 3.8) is 0 Å². The molecule has 0 aliphatic carbocycles. The maximum absolute atomic E-state index is 12.8. The fraction of sp³-hybridized carbons (Fsp3) is 0.125. The highest BCUT2D eigenvalue weighted by molar-refractivity contribution is 7.82. The Morgan fingerprint density at radius 3 is 2.79 bits per heavy atom. The second-order valence-corrected chi connectivity index (χ2v) is 2.87. The van der Waals surface area contributed by atoms with Gasteiger partial charge in [-0.25, -0.2) is 13.5 Å². The van der Waals surface area contributed by atoms with Gasteiger partial charge >= 0.3 is 6.03 Å². The van der Waals surface area contributed by atoms with Gasteiger partial charge in [-0.1, -0.05) is 12.8 Å². The summed E-state index contributed by atoms with van der Waals surface area (Å²) in [6, 6.07) is 2.90. The molecule has 0 aromatic heterocycles. The van der Waals surface area contributed by atoms with Crippen molar-refractivity contribution in [2.45, 2.75) is 0 Å². The van der Waals surface area contributed by atoms with Gasteiger partial charge in [-0.2, -0.15) is 0 Å². The number of amides is 2. The van der Waals surface area contributed by atoms with Crippen molar-refractivity contribution in [3.8, 4) is 5.75 Å². The van der Waals surface area contributed by atoms with Crippen LogP contribution in [0.25, 0.3) is 0 Å². The number of benzene rings is 1. The van der Waals surface area contributed by atoms with Gasteiger partial charge in [-0.3, -0.25) is 0 Å². The Balaban J connectivity index is 3.16. The zero-order valence-corrected chi connectivity index (χ0v) is 8.29. The summed E-state index contributed by atoms with van der Waals surface area (Å²) in [4.78, 5) is 10.8. The van der Waals surface area contributed by atoms with E-state index in [1.807, 2.05) is 0 Å². The molecule has 0 fully saturated rings. The number of urea groups is 1. The molecule has 0 heterocycles. The fourth-order valence-electron chi connectivity index (χ4n) is 0.947. The van der Waals surface area contributed by atoms with Crippen LogP contribution in [0.3, 0.4) is 0 Å². The van der Waals surface area contributed by atoms with Gasteiger partial charge in [0.1, 0.15) is 17.3 Å². The van der Waals surface area contributed by atoms with Crippen molar-refractivity contribution < 1.29 is 13.9 Å². The van der Waals surface area contributed by atoms with Gasteiger partial charge in [-0.15, -0.1) is 0 Å². The standard InChI is InChI=1S/C8H9FN2O2S/c1-13-7-3-2-5(9)4-6(7)11(14)8(10)12/h2-4,14H,1H3,(H2,10,12). The molecular weight excluding hydrogens is 207 g/mol. The molecule has 0 atom stereocenters. The molecule has 0 saturated carbocycles. The number of anilines is 1. The maximum Gasteiger partial charge on any atom is 0.329 e. The average Bonchev–Trinajstić information content (AvgIpc) is 2.16. The number of hydrogen-bond acceptors (Lipinski definition) is 3. The topological polar surface area (TPSA) is 55.6 Å². The third kappa shape index (κ3) is 2.08. The van der Waals surface area contributed by atoms with Gasteiger partial charge in [0.2, 0.25) is 0 Å². The van der Waals surface area contributed by atoms with E-state index in [0.717, 1.165) is 10.4 Å². The lowest BCUT2D eigenvalue weighted by molar-refractivity contribution is 0.257. The number of ether oxygens (including phenoxy) is 1. The number of carbonyl (C=O) groups is 1. The minimum Gasteiger partial charge on any atom is -0.495 e. The summed E-state index contributed by atoms with van der Waals surface area (Å²) in [5.74, 6) is -0.179. The van der Waals surface area contributed by atoms with Crippen LogP contribution in [-0.2, 0) is 0 Å². The van der Waals surface area contributed by atoms with Crippen molar-refractivity contribution in [1.82, 2.24) is 0 Å². The highest BCUT2D eigenvalue weighted by atomic mass is 32.1. The van der Waals surface area contributed by atoms with E-state index in [4.69, 9.17) is 10.5 Å². The van der Waals surface area contributed by atoms with Crippen LogP contribution in [0, 0.1) is 5.82 Å². The number of primary amides is 1. The zero-order valence-electron chi connectivity index (χ0n) is 7.40. The molecule has 1 aromatic carbocycles. The number of nitrogens with zero attached hydrogens (tertiary/aromatic N) is 1. The number of hydrogen-bond donors (Lipinski definition) is 2. The summed E-state index contributed by atoms with van der Waals surface area (Å²) in [5, 5.41) is 0. The summed E-state index contributed by atoms with van der Waals surface area (Å²) in [5.41, 5.74) is 5.14. The van der Waals surface area contributed by atoms with Crippen molar-refractivity contribution in [1.29, 1.82) is 0 Å². The van der Waals surface area contributed by atoms with Crippen molar-refractivity contribution in [2.24, 2.45) is 5.73 Å². The van der Waals surface area contributed by atoms with Crippen molar-refractivity contribution in [2.75, 3.05) is 11.4 Å². The molecule has 0 unspecified atom stereocenters. The Labute approximate surface area is 86.0 Å². The first-order valence-electron chi connectivity index (χ1n) is 3.68. The molecule has 1 aromatic rings. The normalized spacial score (nSPS) is 9.64. The van der Waals surface area contributed by atoms with E-state index in [9.17, 15) is 9.18 Å². The van der Waals surface area contributed by atoms with E-state index in [1.165, 1.54) is 19.2 Å². The molecule has 0 bridgehead atoms. The maximum atomic E-state index is 12.8. The van der Waals surface area contributed by atoms with E-state index in [0.29, 0.717) is 5.75 Å². The van der Waals surface area contributed by atoms with Gasteiger partial charge in [-0.05, 0) is 12.1 Å². The molecule has 14 heavy (non-hydrogen) atoms. The van der Waals surface area contributed by atoms with Gasteiger partial charge in [0.15, 0.2) is 0 Å². The van der Waals surface area contributed by atoms with Crippen LogP contribution >= 0.6 is 12.8 Å². The SMILES string of the molecule is COc1ccc(F)cc1N(S)C(N)=O. The number of carbonyl (C=O) groups excluding carboxylic acids is 1. The molecule has 6 heteroatoms. The lowest BCUT2D eigenvalue weighted by atomic mass is 10.3. The minimum absolute atomic E-state index is 0.170. The van der Waals surface area contributed by atoms with Crippen LogP contribution < -0.4 is 14.8 Å². The van der Waals surface area contributed by atoms with Crippen LogP contribution in [0.5, 0.6) is 5.75 Å². The highest BCUT2D eigenvalue weighted by Gasteiger charge is 2.14. The van der Waals surface area contributed by atoms with Crippen molar-refractivity contribution >= 4 is 24.5 Å². The Morgan fingerprint density at radius 1 is 1.64 bits per heavy atom. The minimum atomic E-state index is -0.808. The van der Waals surface area contributed by atoms with E-state index >= 15 is 0 Å². The largest absolute Gasteiger partial charge is 0.495 e. The number of rotatable bonds is 2. The fourth-order valence-corrected chi connectivity index (χ4v) is 1.10. The van der Waals surface area contributed by atoms with Gasteiger partial charge < -0.3 is 10.5 Å². The third-order valence-corrected chi connectivity index (χ3v) is 1.99. The first-order chi connectivity index (χ1) is 6.56. The molecule has 4 nitrogen and oxygen atoms in total. The molecule has 0 saturated heterocycles. The number of thiol groups is 1. The van der Waals surface area contributed by atoms with E-state index in [-0.39, 0.29) is 5.69 Å². The smallest absolute Gasteiger partial charge is 0.329 e. The summed E-state index contributed by atoms with van der Waals surface area (Å²) in [7, 11) is 1.40. The van der Waals surface area contributed by atoms with Crippen molar-refractivity contribution in [3.05, 3.63) is 24.0 Å². The molecular formula is C8H9FN2O2S. The predicted molar refractivity (Wildman–Crippen MR) is 54.0 cm³/mol. The summed E-state index contributed by atoms with van der Waals surface area (Å²) in [6.07, 6.45) is 0. The van der Waals surface area contributed by atoms with Crippen LogP contribution in [0.15, 0.2) is 18.2 Å². The number of methoxy groups -OCH3 is 1. The second kappa shape index (κ2) is 4.19. The second-order valence-electron chi connectivity index (χ2n) is 2.47. The van der Waals surface area contributed by atoms with E-state index < -0.39 is 11.8 Å². The molecule has 1 rings (SSSR count). The number of halogens is 1. The first-order valence-corrected chi connectivity index (χ1v) is 4.08. The zero-order chi connectivity index (χ0) is 10.7. The molecule has 2 N–H and O–H groups in total. The average molecular weight is 216 g/mol. The summed E-state index contributed by atoms with van der Waals surface area (Å²) < 4.78 is 18.6. The summed E-state index contributed by atoms with van der Waals surface area (Å²) >= 11 is 3.80. The molecule has 0 radical (unpaired) electrons. The first kappa shape index (κ1) is 10.6. The molecule has 0 aliphatic rings. The lowest BCUT2D eigenvalue weighted by Gasteiger charge is -2.15. The van der Waals surface area contributed by atoms with Crippen LogP contribution in [0.2, 0.25) is 0 Å². The van der Waals surface area contributed by atoms with E-state index in [1.54, 1.807) is 0 Å². The predicted octanol–water partition coefficient (Wildman–Crippen LogP) is 1.56. The Bertz CT molecular complexity index is 359. The quantitative estimate of drug-likeness (QED) is 0.737. The van der Waals surface area contributed by atoms with E-state index in [2.05, 4.69) is 12.8 Å². The molecule has 76 valence electrons. The van der Waals surface area contributed by atoms with Crippen LogP contribution in [0.1, 0.15) is 0 Å². The molecule has 0 aliphatic heterocycles. The Kier molecular flexibility index (Phi) is 3.19. The summed E-state index contributed by atoms with van der Waals surface area (Å²) in [6.45, 7) is 0. The molecule has 2 amide bonds. The van der Waals surface area contributed by atoms with Gasteiger partial charge in [0.05, 0.1) is 7.11 Å². The number of nitrogens with two attached hydrogens (primary N) is 1. The molecule has 0 spiro atoms. The Morgan fingerprint density at radius 2 is 2.29 bits per heavy atom. The lowest BCUT2D eigenvalue weighted by Crippen LogP contribution is -2.27. The monoisotopic (exact) mass is 216 g/mol. The Hall–Kier alpha value is -1.43. The van der Waals surface area contributed by atoms with Gasteiger partial charge in [0.25, 0.3) is 0 Å². The third-order valence-electron chi connectivity index (χ3n) is 1.58. The highest BCUT2D eigenvalue weighted by Crippen LogP contribution is 2.29. The van der Waals surface area contributed by atoms with Crippen LogP contribution in [-0.4, -0.2) is 13.1 Å².